The second-order valence-corrected chi connectivity index (χ2v) is 12.7. The third kappa shape index (κ3) is 3.22. The van der Waals surface area contributed by atoms with Crippen LogP contribution in [0.3, 0.4) is 0 Å². The summed E-state index contributed by atoms with van der Waals surface area (Å²) in [6.07, 6.45) is 0. The highest BCUT2D eigenvalue weighted by Crippen LogP contribution is 2.52. The van der Waals surface area contributed by atoms with Crippen molar-refractivity contribution in [1.29, 1.82) is 0 Å². The maximum atomic E-state index is 15.7. The predicted molar refractivity (Wildman–Crippen MR) is 169 cm³/mol. The van der Waals surface area contributed by atoms with Crippen molar-refractivity contribution in [3.63, 3.8) is 0 Å². The highest BCUT2D eigenvalue weighted by molar-refractivity contribution is 7.77. The summed E-state index contributed by atoms with van der Waals surface area (Å²) in [6.45, 7) is 0. The Hall–Kier alpha value is -4.85. The average molecular weight is 533 g/mol. The molecular weight excluding hydrogens is 507 g/mol. The molecule has 0 saturated heterocycles. The molecule has 0 spiro atoms. The van der Waals surface area contributed by atoms with Crippen LogP contribution >= 0.6 is 7.29 Å². The van der Waals surface area contributed by atoms with Gasteiger partial charge in [0.25, 0.3) is 0 Å². The van der Waals surface area contributed by atoms with Gasteiger partial charge in [0.05, 0.1) is 22.1 Å². The first-order chi connectivity index (χ1) is 19.7. The Balaban J connectivity index is 1.58. The van der Waals surface area contributed by atoms with Crippen molar-refractivity contribution in [3.05, 3.63) is 152 Å². The molecule has 0 N–H and O–H groups in total. The third-order valence-corrected chi connectivity index (χ3v) is 10.9. The molecule has 2 heterocycles. The van der Waals surface area contributed by atoms with Gasteiger partial charge in [-0.25, -0.2) is 0 Å². The summed E-state index contributed by atoms with van der Waals surface area (Å²) in [5.41, 5.74) is 5.35. The maximum absolute atomic E-state index is 15.7. The summed E-state index contributed by atoms with van der Waals surface area (Å²) in [4.78, 5) is 0. The van der Waals surface area contributed by atoms with Crippen LogP contribution in [0.2, 0.25) is 0 Å². The molecule has 190 valence electrons. The van der Waals surface area contributed by atoms with E-state index in [0.717, 1.165) is 54.5 Å². The molecule has 0 aliphatic rings. The van der Waals surface area contributed by atoms with Crippen molar-refractivity contribution < 1.29 is 4.57 Å². The quantitative estimate of drug-likeness (QED) is 0.208. The molecule has 0 amide bonds. The zero-order chi connectivity index (χ0) is 26.7. The Morgan fingerprint density at radius 1 is 0.400 bits per heavy atom. The summed E-state index contributed by atoms with van der Waals surface area (Å²) in [7, 11) is -3.30. The van der Waals surface area contributed by atoms with E-state index in [1.807, 2.05) is 72.8 Å². The highest BCUT2D eigenvalue weighted by Gasteiger charge is 2.33. The van der Waals surface area contributed by atoms with Crippen molar-refractivity contribution in [3.8, 4) is 5.69 Å². The van der Waals surface area contributed by atoms with Gasteiger partial charge in [-0.05, 0) is 60.7 Å². The molecule has 0 atom stereocenters. The van der Waals surface area contributed by atoms with Gasteiger partial charge in [0.1, 0.15) is 0 Å². The van der Waals surface area contributed by atoms with E-state index in [2.05, 4.69) is 87.8 Å². The van der Waals surface area contributed by atoms with Crippen molar-refractivity contribution in [1.82, 2.24) is 8.90 Å². The van der Waals surface area contributed by atoms with Gasteiger partial charge in [0, 0.05) is 37.8 Å². The van der Waals surface area contributed by atoms with Gasteiger partial charge in [0.2, 0.25) is 7.29 Å². The lowest BCUT2D eigenvalue weighted by Crippen LogP contribution is -2.21. The fraction of sp³-hybridized carbons (Fsp3) is 0. The smallest absolute Gasteiger partial charge is 0.234 e. The van der Waals surface area contributed by atoms with Gasteiger partial charge in [-0.3, -0.25) is 8.90 Å². The molecule has 0 fully saturated rings. The van der Waals surface area contributed by atoms with Crippen molar-refractivity contribution in [2.24, 2.45) is 0 Å². The van der Waals surface area contributed by atoms with E-state index < -0.39 is 7.29 Å². The van der Waals surface area contributed by atoms with Crippen LogP contribution in [0.4, 0.5) is 0 Å². The second kappa shape index (κ2) is 8.84. The minimum Gasteiger partial charge on any atom is -0.309 e. The van der Waals surface area contributed by atoms with Gasteiger partial charge in [-0.1, -0.05) is 91.0 Å². The Kier molecular flexibility index (Phi) is 5.10. The molecule has 0 radical (unpaired) electrons. The van der Waals surface area contributed by atoms with Crippen LogP contribution in [0.25, 0.3) is 49.3 Å². The summed E-state index contributed by atoms with van der Waals surface area (Å²) in [6, 6.07) is 51.8. The number of rotatable bonds is 4. The van der Waals surface area contributed by atoms with E-state index >= 15 is 4.57 Å². The summed E-state index contributed by atoms with van der Waals surface area (Å²) >= 11 is 0. The van der Waals surface area contributed by atoms with Crippen LogP contribution in [0.1, 0.15) is 0 Å². The first-order valence-electron chi connectivity index (χ1n) is 13.5. The maximum Gasteiger partial charge on any atom is 0.234 e. The van der Waals surface area contributed by atoms with Crippen LogP contribution < -0.4 is 10.6 Å². The monoisotopic (exact) mass is 532 g/mol. The summed E-state index contributed by atoms with van der Waals surface area (Å²) in [5.74, 6) is 0. The standard InChI is InChI=1S/C36H25N2OP/c39-40(27-16-6-2-7-17-27,28-18-8-3-9-19-28)38-34-23-13-11-21-30(34)32-24-35-31(25-36(32)38)29-20-10-12-22-33(29)37(35)26-14-4-1-5-15-26/h1-25H. The minimum absolute atomic E-state index is 0.815. The molecule has 8 aromatic rings. The Morgan fingerprint density at radius 2 is 0.850 bits per heavy atom. The zero-order valence-electron chi connectivity index (χ0n) is 21.7. The molecule has 0 aliphatic heterocycles. The summed E-state index contributed by atoms with van der Waals surface area (Å²) < 4.78 is 20.2. The normalized spacial score (nSPS) is 12.1. The van der Waals surface area contributed by atoms with Crippen LogP contribution in [0.15, 0.2) is 152 Å². The van der Waals surface area contributed by atoms with Crippen LogP contribution in [-0.2, 0) is 4.57 Å². The number of fused-ring (bicyclic) bond motifs is 6. The Morgan fingerprint density at radius 3 is 1.48 bits per heavy atom. The van der Waals surface area contributed by atoms with E-state index in [9.17, 15) is 0 Å². The number of benzene rings is 6. The molecule has 6 aromatic carbocycles. The number of hydrogen-bond donors (Lipinski definition) is 0. The molecule has 4 heteroatoms. The van der Waals surface area contributed by atoms with Gasteiger partial charge >= 0.3 is 0 Å². The number of hydrogen-bond acceptors (Lipinski definition) is 1. The fourth-order valence-corrected chi connectivity index (χ4v) is 9.07. The van der Waals surface area contributed by atoms with Crippen LogP contribution in [0.5, 0.6) is 0 Å². The van der Waals surface area contributed by atoms with E-state index in [0.29, 0.717) is 0 Å². The molecular formula is C36H25N2OP. The lowest BCUT2D eigenvalue weighted by molar-refractivity contribution is 0.583. The minimum atomic E-state index is -3.30. The number of para-hydroxylation sites is 3. The van der Waals surface area contributed by atoms with E-state index in [1.54, 1.807) is 0 Å². The average Bonchev–Trinajstić information content (AvgIpc) is 3.53. The highest BCUT2D eigenvalue weighted by atomic mass is 31.2. The first kappa shape index (κ1) is 23.1. The first-order valence-corrected chi connectivity index (χ1v) is 15.1. The molecule has 40 heavy (non-hydrogen) atoms. The topological polar surface area (TPSA) is 26.9 Å². The van der Waals surface area contributed by atoms with Crippen molar-refractivity contribution in [2.75, 3.05) is 0 Å². The van der Waals surface area contributed by atoms with Gasteiger partial charge < -0.3 is 4.57 Å². The molecule has 0 saturated carbocycles. The lowest BCUT2D eigenvalue weighted by Gasteiger charge is -2.23. The van der Waals surface area contributed by atoms with Crippen LogP contribution in [-0.4, -0.2) is 8.90 Å². The molecule has 3 nitrogen and oxygen atoms in total. The molecule has 8 rings (SSSR count). The molecule has 0 aliphatic carbocycles. The SMILES string of the molecule is O=P(c1ccccc1)(c1ccccc1)n1c2ccccc2c2cc3c(cc21)c1ccccc1n3-c1ccccc1. The molecule has 0 unspecified atom stereocenters. The third-order valence-electron chi connectivity index (χ3n) is 7.95. The fourth-order valence-electron chi connectivity index (χ4n) is 6.21. The van der Waals surface area contributed by atoms with Crippen molar-refractivity contribution in [2.45, 2.75) is 0 Å². The predicted octanol–water partition coefficient (Wildman–Crippen LogP) is 8.67. The number of nitrogens with zero attached hydrogens (tertiary/aromatic N) is 2. The molecule has 2 aromatic heterocycles. The van der Waals surface area contributed by atoms with E-state index in [-0.39, 0.29) is 0 Å². The second-order valence-electron chi connectivity index (χ2n) is 10.2. The van der Waals surface area contributed by atoms with Crippen molar-refractivity contribution >= 4 is 61.5 Å². The summed E-state index contributed by atoms with van der Waals surface area (Å²) in [5, 5.41) is 6.14. The Bertz CT molecular complexity index is 2190. The van der Waals surface area contributed by atoms with Gasteiger partial charge in [0.15, 0.2) is 0 Å². The zero-order valence-corrected chi connectivity index (χ0v) is 22.6. The molecule has 0 bridgehead atoms. The van der Waals surface area contributed by atoms with E-state index in [4.69, 9.17) is 0 Å². The lowest BCUT2D eigenvalue weighted by atomic mass is 10.1. The Labute approximate surface area is 232 Å². The largest absolute Gasteiger partial charge is 0.309 e. The van der Waals surface area contributed by atoms with Gasteiger partial charge in [-0.2, -0.15) is 0 Å². The van der Waals surface area contributed by atoms with E-state index in [1.165, 1.54) is 5.39 Å². The van der Waals surface area contributed by atoms with Gasteiger partial charge in [-0.15, -0.1) is 0 Å². The van der Waals surface area contributed by atoms with Crippen LogP contribution in [0, 0.1) is 0 Å². The number of aromatic nitrogens is 2.